The van der Waals surface area contributed by atoms with Crippen LogP contribution in [0.25, 0.3) is 0 Å². The highest BCUT2D eigenvalue weighted by Crippen LogP contribution is 2.27. The normalized spacial score (nSPS) is 17.4. The minimum Gasteiger partial charge on any atom is -0.479 e. The van der Waals surface area contributed by atoms with Crippen molar-refractivity contribution >= 4 is 5.97 Å². The van der Waals surface area contributed by atoms with Crippen LogP contribution in [0, 0.1) is 0 Å². The summed E-state index contributed by atoms with van der Waals surface area (Å²) in [6.07, 6.45) is 4.90. The average molecular weight is 243 g/mol. The van der Waals surface area contributed by atoms with Crippen molar-refractivity contribution in [2.75, 3.05) is 19.7 Å². The Morgan fingerprint density at radius 2 is 2.12 bits per heavy atom. The molecule has 1 saturated carbocycles. The van der Waals surface area contributed by atoms with Gasteiger partial charge in [0.2, 0.25) is 0 Å². The monoisotopic (exact) mass is 243 g/mol. The quantitative estimate of drug-likeness (QED) is 0.638. The molecule has 1 rings (SSSR count). The van der Waals surface area contributed by atoms with Gasteiger partial charge in [-0.15, -0.1) is 0 Å². The van der Waals surface area contributed by atoms with E-state index in [0.717, 1.165) is 13.1 Å². The molecule has 4 nitrogen and oxygen atoms in total. The molecule has 1 aliphatic rings. The lowest BCUT2D eigenvalue weighted by Gasteiger charge is -2.23. The first-order chi connectivity index (χ1) is 8.19. The van der Waals surface area contributed by atoms with Crippen molar-refractivity contribution in [2.24, 2.45) is 0 Å². The van der Waals surface area contributed by atoms with Gasteiger partial charge in [-0.25, -0.2) is 4.79 Å². The van der Waals surface area contributed by atoms with Crippen LogP contribution in [-0.2, 0) is 9.53 Å². The van der Waals surface area contributed by atoms with Gasteiger partial charge in [0.25, 0.3) is 0 Å². The summed E-state index contributed by atoms with van der Waals surface area (Å²) in [5.41, 5.74) is 0. The highest BCUT2D eigenvalue weighted by Gasteiger charge is 2.29. The molecule has 0 spiro atoms. The summed E-state index contributed by atoms with van der Waals surface area (Å²) in [4.78, 5) is 13.4. The highest BCUT2D eigenvalue weighted by atomic mass is 16.5. The number of hydrogen-bond acceptors (Lipinski definition) is 3. The molecule has 0 aromatic rings. The van der Waals surface area contributed by atoms with Crippen molar-refractivity contribution in [3.8, 4) is 0 Å². The van der Waals surface area contributed by atoms with E-state index in [-0.39, 0.29) is 0 Å². The van der Waals surface area contributed by atoms with Gasteiger partial charge in [0, 0.05) is 19.2 Å². The molecule has 1 N–H and O–H groups in total. The fraction of sp³-hybridized carbons (Fsp3) is 0.923. The maximum atomic E-state index is 11.0. The van der Waals surface area contributed by atoms with Crippen LogP contribution in [0.4, 0.5) is 0 Å². The Bertz CT molecular complexity index is 229. The van der Waals surface area contributed by atoms with Crippen LogP contribution in [-0.4, -0.2) is 47.8 Å². The molecule has 0 radical (unpaired) electrons. The third-order valence-electron chi connectivity index (χ3n) is 3.18. The van der Waals surface area contributed by atoms with E-state index in [0.29, 0.717) is 19.1 Å². The number of carbonyl (C=O) groups is 1. The molecule has 1 unspecified atom stereocenters. The third-order valence-corrected chi connectivity index (χ3v) is 3.18. The van der Waals surface area contributed by atoms with E-state index in [1.165, 1.54) is 25.7 Å². The number of aliphatic carboxylic acids is 1. The second kappa shape index (κ2) is 7.67. The second-order valence-electron chi connectivity index (χ2n) is 4.69. The molecule has 0 bridgehead atoms. The molecule has 4 heteroatoms. The van der Waals surface area contributed by atoms with Crippen LogP contribution >= 0.6 is 0 Å². The van der Waals surface area contributed by atoms with E-state index in [4.69, 9.17) is 9.84 Å². The zero-order valence-electron chi connectivity index (χ0n) is 11.0. The molecular formula is C13H25NO3. The lowest BCUT2D eigenvalue weighted by atomic mass is 10.2. The summed E-state index contributed by atoms with van der Waals surface area (Å²) in [6.45, 7) is 6.44. The van der Waals surface area contributed by atoms with Crippen molar-refractivity contribution in [3.05, 3.63) is 0 Å². The fourth-order valence-corrected chi connectivity index (χ4v) is 2.04. The Labute approximate surface area is 104 Å². The summed E-state index contributed by atoms with van der Waals surface area (Å²) in [5.74, 6) is -0.835. The smallest absolute Gasteiger partial charge is 0.332 e. The van der Waals surface area contributed by atoms with Crippen molar-refractivity contribution in [1.29, 1.82) is 0 Å². The van der Waals surface area contributed by atoms with Crippen LogP contribution in [0.1, 0.15) is 46.0 Å². The minimum atomic E-state index is -0.835. The zero-order valence-corrected chi connectivity index (χ0v) is 11.0. The fourth-order valence-electron chi connectivity index (χ4n) is 2.04. The Hall–Kier alpha value is -0.610. The molecule has 1 fully saturated rings. The second-order valence-corrected chi connectivity index (χ2v) is 4.69. The average Bonchev–Trinajstić information content (AvgIpc) is 3.11. The van der Waals surface area contributed by atoms with Crippen LogP contribution < -0.4 is 0 Å². The lowest BCUT2D eigenvalue weighted by molar-refractivity contribution is -0.150. The Kier molecular flexibility index (Phi) is 6.52. The van der Waals surface area contributed by atoms with Crippen molar-refractivity contribution in [1.82, 2.24) is 4.90 Å². The molecule has 100 valence electrons. The van der Waals surface area contributed by atoms with Gasteiger partial charge in [0.15, 0.2) is 6.10 Å². The summed E-state index contributed by atoms with van der Waals surface area (Å²) in [5, 5.41) is 9.00. The first kappa shape index (κ1) is 14.5. The van der Waals surface area contributed by atoms with E-state index in [1.807, 2.05) is 6.92 Å². The van der Waals surface area contributed by atoms with Gasteiger partial charge in [0.1, 0.15) is 0 Å². The number of nitrogens with zero attached hydrogens (tertiary/aromatic N) is 1. The number of rotatable bonds is 10. The largest absolute Gasteiger partial charge is 0.479 e. The molecule has 17 heavy (non-hydrogen) atoms. The number of carboxylic acids is 1. The summed E-state index contributed by atoms with van der Waals surface area (Å²) >= 11 is 0. The number of ether oxygens (including phenoxy) is 1. The maximum Gasteiger partial charge on any atom is 0.332 e. The van der Waals surface area contributed by atoms with E-state index in [2.05, 4.69) is 11.8 Å². The molecular weight excluding hydrogens is 218 g/mol. The lowest BCUT2D eigenvalue weighted by Crippen LogP contribution is -2.33. The van der Waals surface area contributed by atoms with Gasteiger partial charge in [-0.2, -0.15) is 0 Å². The van der Waals surface area contributed by atoms with Gasteiger partial charge in [-0.05, 0) is 39.2 Å². The van der Waals surface area contributed by atoms with Crippen molar-refractivity contribution in [2.45, 2.75) is 58.1 Å². The first-order valence-electron chi connectivity index (χ1n) is 6.77. The zero-order chi connectivity index (χ0) is 12.7. The number of unbranched alkanes of at least 4 members (excludes halogenated alkanes) is 1. The molecule has 0 amide bonds. The molecule has 1 aliphatic carbocycles. The molecule has 0 aromatic heterocycles. The Balaban J connectivity index is 2.30. The Morgan fingerprint density at radius 3 is 2.59 bits per heavy atom. The van der Waals surface area contributed by atoms with Gasteiger partial charge < -0.3 is 14.7 Å². The van der Waals surface area contributed by atoms with Crippen LogP contribution in [0.3, 0.4) is 0 Å². The minimum absolute atomic E-state index is 0.468. The van der Waals surface area contributed by atoms with Crippen LogP contribution in [0.15, 0.2) is 0 Å². The Morgan fingerprint density at radius 1 is 1.41 bits per heavy atom. The predicted molar refractivity (Wildman–Crippen MR) is 67.2 cm³/mol. The van der Waals surface area contributed by atoms with E-state index in [1.54, 1.807) is 0 Å². The van der Waals surface area contributed by atoms with Crippen LogP contribution in [0.5, 0.6) is 0 Å². The van der Waals surface area contributed by atoms with Gasteiger partial charge in [-0.1, -0.05) is 13.3 Å². The number of carboxylic acid groups (broad SMARTS) is 1. The summed E-state index contributed by atoms with van der Waals surface area (Å²) in [7, 11) is 0. The van der Waals surface area contributed by atoms with Gasteiger partial charge in [0.05, 0.1) is 0 Å². The van der Waals surface area contributed by atoms with E-state index < -0.39 is 12.1 Å². The van der Waals surface area contributed by atoms with Gasteiger partial charge >= 0.3 is 5.97 Å². The molecule has 0 saturated heterocycles. The summed E-state index contributed by atoms with van der Waals surface area (Å²) in [6, 6.07) is 0.706. The highest BCUT2D eigenvalue weighted by molar-refractivity contribution is 5.72. The van der Waals surface area contributed by atoms with Gasteiger partial charge in [-0.3, -0.25) is 0 Å². The topological polar surface area (TPSA) is 49.8 Å². The van der Waals surface area contributed by atoms with E-state index >= 15 is 0 Å². The maximum absolute atomic E-state index is 11.0. The predicted octanol–water partition coefficient (Wildman–Crippen LogP) is 2.13. The molecule has 0 heterocycles. The molecule has 1 atom stereocenters. The first-order valence-corrected chi connectivity index (χ1v) is 6.77. The SMILES string of the molecule is CCCCN(CCC(OCC)C(=O)O)C1CC1. The van der Waals surface area contributed by atoms with E-state index in [9.17, 15) is 4.79 Å². The summed E-state index contributed by atoms with van der Waals surface area (Å²) < 4.78 is 5.23. The van der Waals surface area contributed by atoms with Crippen molar-refractivity contribution in [3.63, 3.8) is 0 Å². The van der Waals surface area contributed by atoms with Crippen molar-refractivity contribution < 1.29 is 14.6 Å². The molecule has 0 aromatic carbocycles. The third kappa shape index (κ3) is 5.50. The molecule has 0 aliphatic heterocycles. The standard InChI is InChI=1S/C13H25NO3/c1-3-5-9-14(11-6-7-11)10-8-12(13(15)16)17-4-2/h11-12H,3-10H2,1-2H3,(H,15,16). The van der Waals surface area contributed by atoms with Crippen LogP contribution in [0.2, 0.25) is 0 Å². The number of hydrogen-bond donors (Lipinski definition) is 1.